The molecule has 0 saturated carbocycles. The number of phenolic OH excluding ortho intramolecular Hbond substituents is 1. The lowest BCUT2D eigenvalue weighted by atomic mass is 10.1. The van der Waals surface area contributed by atoms with Crippen LogP contribution in [0.1, 0.15) is 89.3 Å². The molecule has 0 aliphatic heterocycles. The zero-order valence-electron chi connectivity index (χ0n) is 28.7. The SMILES string of the molecule is CCc1cc(NC(CC)CCCCCCOC(=O)Cl)nc(Cl)n1.COc1cc(CNCCCNCCCCNCCCN)ccc1O. The Hall–Kier alpha value is -2.41. The maximum Gasteiger partial charge on any atom is 0.403 e. The first kappa shape index (κ1) is 42.6. The Balaban J connectivity index is 0.000000470. The minimum atomic E-state index is -0.727. The Kier molecular flexibility index (Phi) is 25.9. The van der Waals surface area contributed by atoms with Crippen LogP contribution in [0.2, 0.25) is 5.28 Å². The molecule has 0 aliphatic carbocycles. The van der Waals surface area contributed by atoms with Gasteiger partial charge in [0.25, 0.3) is 0 Å². The summed E-state index contributed by atoms with van der Waals surface area (Å²) in [4.78, 5) is 18.8. The molecule has 47 heavy (non-hydrogen) atoms. The summed E-state index contributed by atoms with van der Waals surface area (Å²) in [6.45, 7) is 11.3. The van der Waals surface area contributed by atoms with E-state index in [9.17, 15) is 9.90 Å². The average Bonchev–Trinajstić information content (AvgIpc) is 3.06. The summed E-state index contributed by atoms with van der Waals surface area (Å²) in [5.74, 6) is 1.50. The van der Waals surface area contributed by atoms with Crippen LogP contribution < -0.4 is 31.7 Å². The quantitative estimate of drug-likeness (QED) is 0.0367. The van der Waals surface area contributed by atoms with Crippen molar-refractivity contribution in [2.45, 2.75) is 97.1 Å². The third kappa shape index (κ3) is 22.7. The number of unbranched alkanes of at least 4 members (excludes halogenated alkanes) is 4. The van der Waals surface area contributed by atoms with Gasteiger partial charge in [-0.1, -0.05) is 39.2 Å². The van der Waals surface area contributed by atoms with E-state index in [0.717, 1.165) is 121 Å². The molecule has 1 aromatic heterocycles. The number of aryl methyl sites for hydroxylation is 1. The highest BCUT2D eigenvalue weighted by atomic mass is 35.5. The Morgan fingerprint density at radius 3 is 2.26 bits per heavy atom. The minimum Gasteiger partial charge on any atom is -0.504 e. The lowest BCUT2D eigenvalue weighted by Gasteiger charge is -2.18. The van der Waals surface area contributed by atoms with Crippen molar-refractivity contribution in [2.75, 3.05) is 58.3 Å². The molecular weight excluding hydrogens is 641 g/mol. The highest BCUT2D eigenvalue weighted by molar-refractivity contribution is 6.61. The second-order valence-corrected chi connectivity index (χ2v) is 11.9. The van der Waals surface area contributed by atoms with Crippen LogP contribution in [0, 0.1) is 0 Å². The van der Waals surface area contributed by atoms with Crippen molar-refractivity contribution in [2.24, 2.45) is 5.73 Å². The fraction of sp³-hybridized carbons (Fsp3) is 0.676. The lowest BCUT2D eigenvalue weighted by molar-refractivity contribution is 0.170. The number of halogens is 2. The summed E-state index contributed by atoms with van der Waals surface area (Å²) in [6, 6.07) is 7.76. The van der Waals surface area contributed by atoms with Crippen LogP contribution in [0.3, 0.4) is 0 Å². The van der Waals surface area contributed by atoms with Crippen molar-refractivity contribution in [3.8, 4) is 11.5 Å². The molecule has 2 rings (SSSR count). The van der Waals surface area contributed by atoms with Crippen LogP contribution in [0.15, 0.2) is 24.3 Å². The molecule has 1 aromatic carbocycles. The molecule has 268 valence electrons. The molecule has 0 amide bonds. The summed E-state index contributed by atoms with van der Waals surface area (Å²) in [7, 11) is 1.56. The molecule has 11 nitrogen and oxygen atoms in total. The van der Waals surface area contributed by atoms with E-state index < -0.39 is 5.43 Å². The fourth-order valence-electron chi connectivity index (χ4n) is 4.69. The van der Waals surface area contributed by atoms with Crippen LogP contribution in [-0.4, -0.2) is 79.5 Å². The summed E-state index contributed by atoms with van der Waals surface area (Å²) in [5, 5.41) is 23.5. The van der Waals surface area contributed by atoms with Gasteiger partial charge in [-0.15, -0.1) is 0 Å². The number of nitrogens with two attached hydrogens (primary N) is 1. The minimum absolute atomic E-state index is 0.181. The van der Waals surface area contributed by atoms with Crippen molar-refractivity contribution < 1.29 is 19.4 Å². The zero-order valence-corrected chi connectivity index (χ0v) is 30.2. The highest BCUT2D eigenvalue weighted by Gasteiger charge is 2.09. The molecule has 2 aromatic rings. The van der Waals surface area contributed by atoms with Gasteiger partial charge in [0, 0.05) is 35.9 Å². The van der Waals surface area contributed by atoms with E-state index >= 15 is 0 Å². The van der Waals surface area contributed by atoms with Gasteiger partial charge in [-0.3, -0.25) is 0 Å². The summed E-state index contributed by atoms with van der Waals surface area (Å²) >= 11 is 11.0. The second-order valence-electron chi connectivity index (χ2n) is 11.3. The van der Waals surface area contributed by atoms with Crippen molar-refractivity contribution in [1.82, 2.24) is 25.9 Å². The molecule has 0 bridgehead atoms. The Morgan fingerprint density at radius 1 is 0.915 bits per heavy atom. The number of anilines is 1. The van der Waals surface area contributed by atoms with Gasteiger partial charge in [-0.05, 0) is 120 Å². The molecule has 0 aliphatic rings. The van der Waals surface area contributed by atoms with Crippen molar-refractivity contribution in [3.05, 3.63) is 40.8 Å². The Labute approximate surface area is 292 Å². The van der Waals surface area contributed by atoms with Crippen LogP contribution in [-0.2, 0) is 17.7 Å². The zero-order chi connectivity index (χ0) is 34.5. The van der Waals surface area contributed by atoms with Gasteiger partial charge in [-0.25, -0.2) is 14.8 Å². The number of methoxy groups -OCH3 is 1. The highest BCUT2D eigenvalue weighted by Crippen LogP contribution is 2.26. The molecule has 13 heteroatoms. The van der Waals surface area contributed by atoms with Crippen LogP contribution in [0.25, 0.3) is 0 Å². The van der Waals surface area contributed by atoms with Gasteiger partial charge in [0.2, 0.25) is 5.28 Å². The maximum absolute atomic E-state index is 10.4. The van der Waals surface area contributed by atoms with E-state index in [1.807, 2.05) is 25.1 Å². The van der Waals surface area contributed by atoms with E-state index in [1.165, 1.54) is 12.8 Å². The molecule has 0 saturated heterocycles. The fourth-order valence-corrected chi connectivity index (χ4v) is 4.96. The third-order valence-electron chi connectivity index (χ3n) is 7.42. The molecule has 0 fully saturated rings. The molecule has 1 heterocycles. The first-order chi connectivity index (χ1) is 22.8. The van der Waals surface area contributed by atoms with Gasteiger partial charge in [0.1, 0.15) is 5.82 Å². The molecule has 1 unspecified atom stereocenters. The molecule has 7 N–H and O–H groups in total. The van der Waals surface area contributed by atoms with E-state index in [0.29, 0.717) is 18.4 Å². The number of carbonyl (C=O) groups excluding carboxylic acids is 1. The number of aromatic hydroxyl groups is 1. The monoisotopic (exact) mass is 699 g/mol. The largest absolute Gasteiger partial charge is 0.504 e. The predicted molar refractivity (Wildman–Crippen MR) is 194 cm³/mol. The topological polar surface area (TPSA) is 156 Å². The molecule has 0 radical (unpaired) electrons. The number of ether oxygens (including phenoxy) is 2. The van der Waals surface area contributed by atoms with E-state index in [4.69, 9.17) is 38.4 Å². The Morgan fingerprint density at radius 2 is 1.60 bits per heavy atom. The standard InChI is InChI=1S/C18H34N4O2.C16H25Cl2N3O2/c1-24-18-14-16(6-7-17(18)23)15-22-13-5-12-21-10-3-2-9-20-11-4-8-19;1-3-12(9-7-5-6-8-10-23-16(18)22)19-14-11-13(4-2)20-15(17)21-14/h6-7,14,20-23H,2-5,8-13,15,19H2,1H3;11-12H,3-10H2,1-2H3,(H,19,20,21). The third-order valence-corrected chi connectivity index (χ3v) is 7.69. The number of benzene rings is 1. The van der Waals surface area contributed by atoms with E-state index in [-0.39, 0.29) is 11.0 Å². The normalized spacial score (nSPS) is 11.4. The Bertz CT molecular complexity index is 1080. The van der Waals surface area contributed by atoms with Crippen molar-refractivity contribution in [1.29, 1.82) is 0 Å². The van der Waals surface area contributed by atoms with Crippen molar-refractivity contribution >= 4 is 34.4 Å². The molecule has 0 spiro atoms. The number of nitrogens with zero attached hydrogens (tertiary/aromatic N) is 2. The van der Waals surface area contributed by atoms with E-state index in [1.54, 1.807) is 13.2 Å². The lowest BCUT2D eigenvalue weighted by Crippen LogP contribution is -2.24. The number of hydrogen-bond acceptors (Lipinski definition) is 11. The predicted octanol–water partition coefficient (Wildman–Crippen LogP) is 6.40. The summed E-state index contributed by atoms with van der Waals surface area (Å²) in [5.41, 5.74) is 6.77. The van der Waals surface area contributed by atoms with Crippen LogP contribution in [0.4, 0.5) is 10.6 Å². The summed E-state index contributed by atoms with van der Waals surface area (Å²) < 4.78 is 9.80. The van der Waals surface area contributed by atoms with E-state index in [2.05, 4.69) is 38.2 Å². The number of aromatic nitrogens is 2. The maximum atomic E-state index is 10.4. The van der Waals surface area contributed by atoms with Gasteiger partial charge in [0.05, 0.1) is 13.7 Å². The number of nitrogens with one attached hydrogen (secondary N) is 4. The van der Waals surface area contributed by atoms with Crippen LogP contribution >= 0.6 is 23.2 Å². The first-order valence-corrected chi connectivity index (χ1v) is 17.9. The second kappa shape index (κ2) is 28.6. The van der Waals surface area contributed by atoms with Gasteiger partial charge in [-0.2, -0.15) is 0 Å². The first-order valence-electron chi connectivity index (χ1n) is 17.1. The van der Waals surface area contributed by atoms with Crippen molar-refractivity contribution in [3.63, 3.8) is 0 Å². The summed E-state index contributed by atoms with van der Waals surface area (Å²) in [6.07, 6.45) is 11.6. The molecular formula is C34H59Cl2N7O4. The smallest absolute Gasteiger partial charge is 0.403 e. The van der Waals surface area contributed by atoms with Gasteiger partial charge < -0.3 is 41.6 Å². The van der Waals surface area contributed by atoms with Crippen LogP contribution in [0.5, 0.6) is 11.5 Å². The van der Waals surface area contributed by atoms with Gasteiger partial charge in [0.15, 0.2) is 11.5 Å². The number of carbonyl (C=O) groups is 1. The average molecular weight is 701 g/mol. The number of rotatable bonds is 26. The number of hydrogen-bond donors (Lipinski definition) is 6. The number of phenols is 1. The molecule has 1 atom stereocenters. The van der Waals surface area contributed by atoms with Gasteiger partial charge >= 0.3 is 5.43 Å².